The van der Waals surface area contributed by atoms with Crippen LogP contribution in [0.1, 0.15) is 6.92 Å². The second-order valence-corrected chi connectivity index (χ2v) is 3.24. The Morgan fingerprint density at radius 2 is 2.25 bits per heavy atom. The summed E-state index contributed by atoms with van der Waals surface area (Å²) >= 11 is 0. The van der Waals surface area contributed by atoms with Gasteiger partial charge < -0.3 is 11.5 Å². The predicted molar refractivity (Wildman–Crippen MR) is 62.6 cm³/mol. The first-order chi connectivity index (χ1) is 7.47. The van der Waals surface area contributed by atoms with E-state index in [1.165, 1.54) is 6.21 Å². The standard InChI is InChI=1S/C10H13FN4O/c1-6(4-14-2)9(13)15-5-7(11)3-8(12)10(15)16/h3-5H,12-13H2,1-2H3. The molecule has 16 heavy (non-hydrogen) atoms. The maximum atomic E-state index is 13.1. The predicted octanol–water partition coefficient (Wildman–Crippen LogP) is 0.417. The van der Waals surface area contributed by atoms with E-state index in [1.807, 2.05) is 0 Å². The van der Waals surface area contributed by atoms with E-state index >= 15 is 0 Å². The highest BCUT2D eigenvalue weighted by molar-refractivity contribution is 5.85. The largest absolute Gasteiger partial charge is 0.394 e. The smallest absolute Gasteiger partial charge is 0.279 e. The van der Waals surface area contributed by atoms with Crippen LogP contribution in [0.15, 0.2) is 27.6 Å². The molecule has 86 valence electrons. The fourth-order valence-electron chi connectivity index (χ4n) is 1.20. The molecule has 1 heterocycles. The zero-order chi connectivity index (χ0) is 12.3. The SMILES string of the molecule is CN=CC(C)=C(N)n1cc(F)cc(N)c1=O. The van der Waals surface area contributed by atoms with Crippen LogP contribution in [0.5, 0.6) is 0 Å². The van der Waals surface area contributed by atoms with Gasteiger partial charge in [-0.25, -0.2) is 4.39 Å². The normalized spacial score (nSPS) is 12.9. The molecule has 0 atom stereocenters. The third kappa shape index (κ3) is 2.28. The van der Waals surface area contributed by atoms with Crippen LogP contribution in [0.3, 0.4) is 0 Å². The molecule has 0 saturated heterocycles. The van der Waals surface area contributed by atoms with E-state index in [2.05, 4.69) is 4.99 Å². The number of aromatic nitrogens is 1. The van der Waals surface area contributed by atoms with E-state index in [-0.39, 0.29) is 11.5 Å². The molecule has 5 nitrogen and oxygen atoms in total. The van der Waals surface area contributed by atoms with Crippen LogP contribution < -0.4 is 17.0 Å². The van der Waals surface area contributed by atoms with Gasteiger partial charge in [0.1, 0.15) is 17.3 Å². The maximum Gasteiger partial charge on any atom is 0.279 e. The van der Waals surface area contributed by atoms with Crippen LogP contribution in [0.2, 0.25) is 0 Å². The second-order valence-electron chi connectivity index (χ2n) is 3.24. The van der Waals surface area contributed by atoms with E-state index in [0.29, 0.717) is 5.57 Å². The molecule has 1 aromatic heterocycles. The number of rotatable bonds is 2. The summed E-state index contributed by atoms with van der Waals surface area (Å²) in [6, 6.07) is 0.954. The van der Waals surface area contributed by atoms with Crippen molar-refractivity contribution in [2.24, 2.45) is 10.7 Å². The zero-order valence-electron chi connectivity index (χ0n) is 9.07. The lowest BCUT2D eigenvalue weighted by Gasteiger charge is -2.08. The number of hydrogen-bond donors (Lipinski definition) is 2. The van der Waals surface area contributed by atoms with Gasteiger partial charge >= 0.3 is 0 Å². The monoisotopic (exact) mass is 224 g/mol. The van der Waals surface area contributed by atoms with Crippen molar-refractivity contribution in [2.45, 2.75) is 6.92 Å². The molecule has 0 aromatic carbocycles. The minimum atomic E-state index is -0.624. The van der Waals surface area contributed by atoms with Crippen LogP contribution in [0.4, 0.5) is 10.1 Å². The van der Waals surface area contributed by atoms with Gasteiger partial charge in [0.25, 0.3) is 5.56 Å². The molecule has 0 unspecified atom stereocenters. The van der Waals surface area contributed by atoms with Gasteiger partial charge in [0.05, 0.1) is 0 Å². The van der Waals surface area contributed by atoms with Crippen molar-refractivity contribution in [1.29, 1.82) is 0 Å². The highest BCUT2D eigenvalue weighted by atomic mass is 19.1. The van der Waals surface area contributed by atoms with Crippen molar-refractivity contribution < 1.29 is 4.39 Å². The Hall–Kier alpha value is -2.11. The lowest BCUT2D eigenvalue weighted by molar-refractivity contribution is 0.614. The van der Waals surface area contributed by atoms with Gasteiger partial charge in [-0.05, 0) is 6.92 Å². The number of anilines is 1. The third-order valence-corrected chi connectivity index (χ3v) is 2.00. The maximum absolute atomic E-state index is 13.1. The number of nitrogens with zero attached hydrogens (tertiary/aromatic N) is 2. The molecule has 1 aromatic rings. The van der Waals surface area contributed by atoms with Crippen LogP contribution in [-0.2, 0) is 0 Å². The van der Waals surface area contributed by atoms with Crippen LogP contribution in [0.25, 0.3) is 5.82 Å². The van der Waals surface area contributed by atoms with Crippen LogP contribution in [0, 0.1) is 5.82 Å². The van der Waals surface area contributed by atoms with Gasteiger partial charge in [0, 0.05) is 31.1 Å². The summed E-state index contributed by atoms with van der Waals surface area (Å²) in [5.41, 5.74) is 10.8. The lowest BCUT2D eigenvalue weighted by atomic mass is 10.3. The number of pyridine rings is 1. The molecule has 0 fully saturated rings. The number of allylic oxidation sites excluding steroid dienone is 1. The second kappa shape index (κ2) is 4.61. The van der Waals surface area contributed by atoms with Crippen molar-refractivity contribution in [3.8, 4) is 0 Å². The summed E-state index contributed by atoms with van der Waals surface area (Å²) in [6.07, 6.45) is 2.46. The average Bonchev–Trinajstić information content (AvgIpc) is 2.22. The molecule has 0 radical (unpaired) electrons. The van der Waals surface area contributed by atoms with Gasteiger partial charge in [0.2, 0.25) is 0 Å². The summed E-state index contributed by atoms with van der Waals surface area (Å²) in [6.45, 7) is 1.66. The van der Waals surface area contributed by atoms with Gasteiger partial charge in [-0.15, -0.1) is 0 Å². The van der Waals surface area contributed by atoms with Crippen molar-refractivity contribution >= 4 is 17.7 Å². The Morgan fingerprint density at radius 3 is 2.81 bits per heavy atom. The molecule has 0 amide bonds. The van der Waals surface area contributed by atoms with Crippen molar-refractivity contribution in [2.75, 3.05) is 12.8 Å². The van der Waals surface area contributed by atoms with E-state index < -0.39 is 11.4 Å². The molecule has 6 heteroatoms. The number of halogens is 1. The van der Waals surface area contributed by atoms with Crippen LogP contribution in [-0.4, -0.2) is 17.8 Å². The Morgan fingerprint density at radius 1 is 1.62 bits per heavy atom. The Labute approximate surface area is 91.9 Å². The van der Waals surface area contributed by atoms with Crippen molar-refractivity contribution in [3.05, 3.63) is 34.0 Å². The highest BCUT2D eigenvalue weighted by Gasteiger charge is 2.07. The third-order valence-electron chi connectivity index (χ3n) is 2.00. The molecule has 0 aliphatic rings. The first-order valence-corrected chi connectivity index (χ1v) is 4.54. The van der Waals surface area contributed by atoms with E-state index in [9.17, 15) is 9.18 Å². The highest BCUT2D eigenvalue weighted by Crippen LogP contribution is 2.05. The number of nitrogen functional groups attached to an aromatic ring is 1. The Bertz CT molecular complexity index is 516. The van der Waals surface area contributed by atoms with E-state index in [0.717, 1.165) is 16.8 Å². The van der Waals surface area contributed by atoms with Gasteiger partial charge in [-0.3, -0.25) is 14.4 Å². The molecular formula is C10H13FN4O. The summed E-state index contributed by atoms with van der Waals surface area (Å²) in [5, 5.41) is 0. The summed E-state index contributed by atoms with van der Waals surface area (Å²) in [7, 11) is 1.57. The summed E-state index contributed by atoms with van der Waals surface area (Å²) in [5.74, 6) is -0.525. The topological polar surface area (TPSA) is 86.4 Å². The quantitative estimate of drug-likeness (QED) is 0.713. The number of hydrogen-bond acceptors (Lipinski definition) is 4. The Balaban J connectivity index is 3.45. The minimum Gasteiger partial charge on any atom is -0.394 e. The molecule has 0 aliphatic carbocycles. The number of nitrogens with two attached hydrogens (primary N) is 2. The van der Waals surface area contributed by atoms with Gasteiger partial charge in [-0.1, -0.05) is 0 Å². The molecule has 1 rings (SSSR count). The lowest BCUT2D eigenvalue weighted by Crippen LogP contribution is -2.26. The van der Waals surface area contributed by atoms with E-state index in [4.69, 9.17) is 11.5 Å². The first-order valence-electron chi connectivity index (χ1n) is 4.54. The first kappa shape index (κ1) is 12.0. The number of aliphatic imine (C=N–C) groups is 1. The van der Waals surface area contributed by atoms with Crippen LogP contribution >= 0.6 is 0 Å². The fraction of sp³-hybridized carbons (Fsp3) is 0.200. The summed E-state index contributed by atoms with van der Waals surface area (Å²) in [4.78, 5) is 15.3. The van der Waals surface area contributed by atoms with Crippen molar-refractivity contribution in [3.63, 3.8) is 0 Å². The molecule has 0 spiro atoms. The molecule has 0 saturated carbocycles. The zero-order valence-corrected chi connectivity index (χ0v) is 9.07. The molecule has 0 aliphatic heterocycles. The van der Waals surface area contributed by atoms with Gasteiger partial charge in [0.15, 0.2) is 0 Å². The summed E-state index contributed by atoms with van der Waals surface area (Å²) < 4.78 is 14.0. The Kier molecular flexibility index (Phi) is 3.44. The fourth-order valence-corrected chi connectivity index (χ4v) is 1.20. The van der Waals surface area contributed by atoms with Crippen molar-refractivity contribution in [1.82, 2.24) is 4.57 Å². The minimum absolute atomic E-state index is 0.0989. The average molecular weight is 224 g/mol. The molecule has 4 N–H and O–H groups in total. The van der Waals surface area contributed by atoms with Gasteiger partial charge in [-0.2, -0.15) is 0 Å². The molecule has 0 bridgehead atoms. The van der Waals surface area contributed by atoms with E-state index in [1.54, 1.807) is 14.0 Å². The molecular weight excluding hydrogens is 211 g/mol.